The van der Waals surface area contributed by atoms with E-state index in [4.69, 9.17) is 10.5 Å². The van der Waals surface area contributed by atoms with Crippen LogP contribution in [0.5, 0.6) is 0 Å². The van der Waals surface area contributed by atoms with Crippen molar-refractivity contribution in [2.75, 3.05) is 45.9 Å². The molecule has 3 N–H and O–H groups in total. The molecule has 1 aromatic carbocycles. The third-order valence-electron chi connectivity index (χ3n) is 3.59. The fourth-order valence-electron chi connectivity index (χ4n) is 2.37. The quantitative estimate of drug-likeness (QED) is 0.778. The molecule has 110 valence electrons. The van der Waals surface area contributed by atoms with Crippen LogP contribution in [0.4, 0.5) is 0 Å². The minimum atomic E-state index is -0.263. The van der Waals surface area contributed by atoms with E-state index in [0.717, 1.165) is 38.4 Å². The summed E-state index contributed by atoms with van der Waals surface area (Å²) in [5.41, 5.74) is 6.70. The fraction of sp³-hybridized carbons (Fsp3) is 0.533. The average molecular weight is 277 g/mol. The van der Waals surface area contributed by atoms with E-state index < -0.39 is 0 Å². The van der Waals surface area contributed by atoms with Crippen LogP contribution in [0.15, 0.2) is 30.3 Å². The minimum Gasteiger partial charge on any atom is -0.379 e. The third-order valence-corrected chi connectivity index (χ3v) is 3.59. The van der Waals surface area contributed by atoms with Gasteiger partial charge in [-0.1, -0.05) is 30.3 Å². The molecule has 1 unspecified atom stereocenters. The van der Waals surface area contributed by atoms with E-state index in [-0.39, 0.29) is 11.8 Å². The largest absolute Gasteiger partial charge is 0.379 e. The smallest absolute Gasteiger partial charge is 0.228 e. The van der Waals surface area contributed by atoms with Gasteiger partial charge in [0.15, 0.2) is 0 Å². The molecular formula is C15H23N3O2. The molecule has 1 aliphatic heterocycles. The van der Waals surface area contributed by atoms with E-state index in [1.54, 1.807) is 0 Å². The van der Waals surface area contributed by atoms with Gasteiger partial charge in [-0.15, -0.1) is 0 Å². The summed E-state index contributed by atoms with van der Waals surface area (Å²) in [7, 11) is 0. The first-order chi connectivity index (χ1) is 9.81. The SMILES string of the molecule is NCC(C(=O)NCCN1CCOCC1)c1ccccc1. The van der Waals surface area contributed by atoms with Gasteiger partial charge in [-0.3, -0.25) is 9.69 Å². The lowest BCUT2D eigenvalue weighted by atomic mass is 9.98. The maximum Gasteiger partial charge on any atom is 0.228 e. The van der Waals surface area contributed by atoms with Gasteiger partial charge < -0.3 is 15.8 Å². The molecule has 1 aliphatic rings. The molecule has 20 heavy (non-hydrogen) atoms. The molecule has 1 heterocycles. The topological polar surface area (TPSA) is 67.6 Å². The molecule has 1 atom stereocenters. The Morgan fingerprint density at radius 1 is 1.30 bits per heavy atom. The number of carbonyl (C=O) groups is 1. The highest BCUT2D eigenvalue weighted by Crippen LogP contribution is 2.13. The van der Waals surface area contributed by atoms with Gasteiger partial charge in [-0.05, 0) is 5.56 Å². The van der Waals surface area contributed by atoms with Crippen molar-refractivity contribution < 1.29 is 9.53 Å². The van der Waals surface area contributed by atoms with Gasteiger partial charge in [0, 0.05) is 32.7 Å². The van der Waals surface area contributed by atoms with Crippen molar-refractivity contribution >= 4 is 5.91 Å². The fourth-order valence-corrected chi connectivity index (χ4v) is 2.37. The molecule has 2 rings (SSSR count). The number of benzene rings is 1. The van der Waals surface area contributed by atoms with E-state index >= 15 is 0 Å². The Balaban J connectivity index is 1.78. The number of nitrogens with two attached hydrogens (primary N) is 1. The maximum absolute atomic E-state index is 12.2. The Morgan fingerprint density at radius 3 is 2.65 bits per heavy atom. The van der Waals surface area contributed by atoms with Gasteiger partial charge in [-0.25, -0.2) is 0 Å². The zero-order chi connectivity index (χ0) is 14.2. The molecule has 1 amide bonds. The first-order valence-corrected chi connectivity index (χ1v) is 7.14. The highest BCUT2D eigenvalue weighted by atomic mass is 16.5. The van der Waals surface area contributed by atoms with Gasteiger partial charge in [0.2, 0.25) is 5.91 Å². The van der Waals surface area contributed by atoms with Gasteiger partial charge >= 0.3 is 0 Å². The predicted octanol–water partition coefficient (Wildman–Crippen LogP) is 0.177. The Hall–Kier alpha value is -1.43. The van der Waals surface area contributed by atoms with Crippen LogP contribution >= 0.6 is 0 Å². The molecule has 5 heteroatoms. The normalized spacial score (nSPS) is 17.6. The molecular weight excluding hydrogens is 254 g/mol. The van der Waals surface area contributed by atoms with Crippen molar-refractivity contribution in [2.45, 2.75) is 5.92 Å². The summed E-state index contributed by atoms with van der Waals surface area (Å²) in [5, 5.41) is 2.98. The Labute approximate surface area is 120 Å². The van der Waals surface area contributed by atoms with E-state index in [1.807, 2.05) is 30.3 Å². The average Bonchev–Trinajstić information content (AvgIpc) is 2.50. The first kappa shape index (κ1) is 15.0. The van der Waals surface area contributed by atoms with Crippen LogP contribution in [0.1, 0.15) is 11.5 Å². The third kappa shape index (κ3) is 4.30. The van der Waals surface area contributed by atoms with Crippen molar-refractivity contribution in [3.05, 3.63) is 35.9 Å². The zero-order valence-corrected chi connectivity index (χ0v) is 11.8. The molecule has 0 aliphatic carbocycles. The van der Waals surface area contributed by atoms with Gasteiger partial charge in [0.1, 0.15) is 0 Å². The van der Waals surface area contributed by atoms with Crippen molar-refractivity contribution in [1.82, 2.24) is 10.2 Å². The number of ether oxygens (including phenoxy) is 1. The van der Waals surface area contributed by atoms with E-state index in [2.05, 4.69) is 10.2 Å². The number of morpholine rings is 1. The molecule has 1 fully saturated rings. The molecule has 0 saturated carbocycles. The molecule has 0 spiro atoms. The summed E-state index contributed by atoms with van der Waals surface area (Å²) in [4.78, 5) is 14.5. The van der Waals surface area contributed by atoms with Crippen LogP contribution in [-0.4, -0.2) is 56.7 Å². The molecule has 1 saturated heterocycles. The summed E-state index contributed by atoms with van der Waals surface area (Å²) in [6.07, 6.45) is 0. The summed E-state index contributed by atoms with van der Waals surface area (Å²) in [6.45, 7) is 5.28. The first-order valence-electron chi connectivity index (χ1n) is 7.14. The lowest BCUT2D eigenvalue weighted by Gasteiger charge is -2.26. The number of nitrogens with one attached hydrogen (secondary N) is 1. The van der Waals surface area contributed by atoms with E-state index in [0.29, 0.717) is 13.1 Å². The number of amides is 1. The van der Waals surface area contributed by atoms with Crippen molar-refractivity contribution in [1.29, 1.82) is 0 Å². The van der Waals surface area contributed by atoms with E-state index in [1.165, 1.54) is 0 Å². The van der Waals surface area contributed by atoms with Gasteiger partial charge in [0.05, 0.1) is 19.1 Å². The lowest BCUT2D eigenvalue weighted by molar-refractivity contribution is -0.122. The molecule has 0 radical (unpaired) electrons. The number of rotatable bonds is 6. The lowest BCUT2D eigenvalue weighted by Crippen LogP contribution is -2.42. The standard InChI is InChI=1S/C15H23N3O2/c16-12-14(13-4-2-1-3-5-13)15(19)17-6-7-18-8-10-20-11-9-18/h1-5,14H,6-12,16H2,(H,17,19). The number of carbonyl (C=O) groups excluding carboxylic acids is 1. The summed E-state index contributed by atoms with van der Waals surface area (Å²) in [6, 6.07) is 9.68. The molecule has 0 aromatic heterocycles. The van der Waals surface area contributed by atoms with Crippen LogP contribution in [0.2, 0.25) is 0 Å². The van der Waals surface area contributed by atoms with Crippen LogP contribution in [0.25, 0.3) is 0 Å². The van der Waals surface area contributed by atoms with Gasteiger partial charge in [-0.2, -0.15) is 0 Å². The number of hydrogen-bond acceptors (Lipinski definition) is 4. The Morgan fingerprint density at radius 2 is 2.00 bits per heavy atom. The van der Waals surface area contributed by atoms with Crippen LogP contribution in [-0.2, 0) is 9.53 Å². The summed E-state index contributed by atoms with van der Waals surface area (Å²) >= 11 is 0. The second-order valence-corrected chi connectivity index (χ2v) is 4.94. The summed E-state index contributed by atoms with van der Waals surface area (Å²) in [5.74, 6) is -0.257. The highest BCUT2D eigenvalue weighted by molar-refractivity contribution is 5.83. The Bertz CT molecular complexity index is 405. The Kier molecular flexibility index (Phi) is 5.98. The molecule has 0 bridgehead atoms. The van der Waals surface area contributed by atoms with Crippen molar-refractivity contribution in [3.8, 4) is 0 Å². The number of nitrogens with zero attached hydrogens (tertiary/aromatic N) is 1. The van der Waals surface area contributed by atoms with Crippen LogP contribution < -0.4 is 11.1 Å². The van der Waals surface area contributed by atoms with Crippen molar-refractivity contribution in [2.24, 2.45) is 5.73 Å². The van der Waals surface area contributed by atoms with Crippen LogP contribution in [0.3, 0.4) is 0 Å². The predicted molar refractivity (Wildman–Crippen MR) is 78.5 cm³/mol. The maximum atomic E-state index is 12.2. The molecule has 1 aromatic rings. The van der Waals surface area contributed by atoms with Gasteiger partial charge in [0.25, 0.3) is 0 Å². The second kappa shape index (κ2) is 7.99. The molecule has 5 nitrogen and oxygen atoms in total. The van der Waals surface area contributed by atoms with E-state index in [9.17, 15) is 4.79 Å². The monoisotopic (exact) mass is 277 g/mol. The number of hydrogen-bond donors (Lipinski definition) is 2. The highest BCUT2D eigenvalue weighted by Gasteiger charge is 2.18. The second-order valence-electron chi connectivity index (χ2n) is 4.94. The zero-order valence-electron chi connectivity index (χ0n) is 11.8. The van der Waals surface area contributed by atoms with Crippen molar-refractivity contribution in [3.63, 3.8) is 0 Å². The van der Waals surface area contributed by atoms with Crippen LogP contribution in [0, 0.1) is 0 Å². The summed E-state index contributed by atoms with van der Waals surface area (Å²) < 4.78 is 5.30. The minimum absolute atomic E-state index is 0.00644.